The van der Waals surface area contributed by atoms with Crippen LogP contribution in [-0.2, 0) is 17.1 Å². The minimum atomic E-state index is -3.50. The molecule has 0 saturated heterocycles. The number of benzene rings is 1. The molecule has 2 nitrogen and oxygen atoms in total. The predicted molar refractivity (Wildman–Crippen MR) is 61.5 cm³/mol. The van der Waals surface area contributed by atoms with Crippen LogP contribution in [0.3, 0.4) is 0 Å². The summed E-state index contributed by atoms with van der Waals surface area (Å²) in [5.41, 5.74) is 0.328. The quantitative estimate of drug-likeness (QED) is 0.741. The Balaban J connectivity index is 3.28. The summed E-state index contributed by atoms with van der Waals surface area (Å²) in [5, 5.41) is 0. The summed E-state index contributed by atoms with van der Waals surface area (Å²) < 4.78 is 31.8. The van der Waals surface area contributed by atoms with Crippen LogP contribution in [0, 0.1) is 5.92 Å². The molecule has 0 heterocycles. The first kappa shape index (κ1) is 13.6. The van der Waals surface area contributed by atoms with Gasteiger partial charge in [0.05, 0.1) is 12.7 Å². The first-order valence-corrected chi connectivity index (χ1v) is 5.43. The van der Waals surface area contributed by atoms with Crippen molar-refractivity contribution in [3.63, 3.8) is 0 Å². The van der Waals surface area contributed by atoms with E-state index in [1.54, 1.807) is 6.07 Å². The van der Waals surface area contributed by atoms with Crippen LogP contribution >= 0.6 is 0 Å². The molecule has 17 heavy (non-hydrogen) atoms. The first-order valence-electron chi connectivity index (χ1n) is 5.43. The number of hydrogen-bond donors (Lipinski definition) is 0. The van der Waals surface area contributed by atoms with Crippen molar-refractivity contribution in [2.24, 2.45) is 5.92 Å². The van der Waals surface area contributed by atoms with Crippen LogP contribution in [0.1, 0.15) is 25.0 Å². The molecule has 1 aromatic rings. The zero-order valence-electron chi connectivity index (χ0n) is 10.2. The highest BCUT2D eigenvalue weighted by molar-refractivity contribution is 5.66. The van der Waals surface area contributed by atoms with Gasteiger partial charge in [0.15, 0.2) is 6.29 Å². The highest BCUT2D eigenvalue weighted by Crippen LogP contribution is 2.36. The van der Waals surface area contributed by atoms with Crippen molar-refractivity contribution in [1.82, 2.24) is 0 Å². The number of ether oxygens (including phenoxy) is 1. The molecule has 0 spiro atoms. The number of alkyl halides is 2. The fourth-order valence-electron chi connectivity index (χ4n) is 1.75. The monoisotopic (exact) mass is 242 g/mol. The zero-order valence-corrected chi connectivity index (χ0v) is 10.2. The van der Waals surface area contributed by atoms with Gasteiger partial charge < -0.3 is 4.74 Å². The van der Waals surface area contributed by atoms with Crippen molar-refractivity contribution in [2.45, 2.75) is 26.2 Å². The minimum Gasteiger partial charge on any atom is -0.496 e. The topological polar surface area (TPSA) is 26.3 Å². The number of halogens is 2. The molecule has 0 aliphatic heterocycles. The van der Waals surface area contributed by atoms with Crippen LogP contribution in [0.4, 0.5) is 8.78 Å². The van der Waals surface area contributed by atoms with Gasteiger partial charge in [-0.05, 0) is 24.0 Å². The smallest absolute Gasteiger partial charge is 0.331 e. The van der Waals surface area contributed by atoms with Gasteiger partial charge in [-0.2, -0.15) is 8.78 Å². The summed E-state index contributed by atoms with van der Waals surface area (Å²) in [6, 6.07) is 4.48. The molecule has 0 bridgehead atoms. The van der Waals surface area contributed by atoms with E-state index >= 15 is 0 Å². The molecular formula is C13H16F2O2. The summed E-state index contributed by atoms with van der Waals surface area (Å²) in [7, 11) is 1.34. The van der Waals surface area contributed by atoms with Crippen molar-refractivity contribution in [2.75, 3.05) is 7.11 Å². The van der Waals surface area contributed by atoms with Gasteiger partial charge in [-0.25, -0.2) is 0 Å². The summed E-state index contributed by atoms with van der Waals surface area (Å²) in [6.07, 6.45) is 0.274. The molecule has 0 aromatic heterocycles. The molecule has 1 rings (SSSR count). The second kappa shape index (κ2) is 5.25. The molecule has 0 N–H and O–H groups in total. The van der Waals surface area contributed by atoms with Crippen LogP contribution in [0.5, 0.6) is 5.75 Å². The lowest BCUT2D eigenvalue weighted by Gasteiger charge is -2.18. The van der Waals surface area contributed by atoms with E-state index in [4.69, 9.17) is 4.74 Å². The lowest BCUT2D eigenvalue weighted by Crippen LogP contribution is -2.17. The number of aldehydes is 1. The molecule has 0 saturated carbocycles. The number of carbonyl (C=O) groups excluding carboxylic acids is 1. The van der Waals surface area contributed by atoms with Gasteiger partial charge in [-0.15, -0.1) is 0 Å². The van der Waals surface area contributed by atoms with Crippen LogP contribution in [0.25, 0.3) is 0 Å². The molecule has 0 aliphatic rings. The van der Waals surface area contributed by atoms with E-state index in [1.165, 1.54) is 19.2 Å². The highest BCUT2D eigenvalue weighted by atomic mass is 19.3. The van der Waals surface area contributed by atoms with Gasteiger partial charge in [0.25, 0.3) is 0 Å². The maximum Gasteiger partial charge on any atom is 0.331 e. The molecule has 0 radical (unpaired) electrons. The van der Waals surface area contributed by atoms with Crippen molar-refractivity contribution < 1.29 is 18.3 Å². The zero-order chi connectivity index (χ0) is 13.1. The van der Waals surface area contributed by atoms with Crippen LogP contribution in [-0.4, -0.2) is 13.4 Å². The Hall–Kier alpha value is -1.45. The largest absolute Gasteiger partial charge is 0.496 e. The van der Waals surface area contributed by atoms with E-state index in [2.05, 4.69) is 0 Å². The Morgan fingerprint density at radius 2 is 2.06 bits per heavy atom. The predicted octanol–water partition coefficient (Wildman–Crippen LogP) is 3.18. The highest BCUT2D eigenvalue weighted by Gasteiger charge is 2.35. The van der Waals surface area contributed by atoms with Gasteiger partial charge in [-0.3, -0.25) is 4.79 Å². The number of para-hydroxylation sites is 1. The molecule has 0 amide bonds. The molecule has 94 valence electrons. The SMILES string of the molecule is COc1c(CC(C)C)cccc1C(F)(F)C=O. The lowest BCUT2D eigenvalue weighted by atomic mass is 9.97. The fraction of sp³-hybridized carbons (Fsp3) is 0.462. The third kappa shape index (κ3) is 3.02. The van der Waals surface area contributed by atoms with Crippen LogP contribution in [0.15, 0.2) is 18.2 Å². The Morgan fingerprint density at radius 3 is 2.53 bits per heavy atom. The number of hydrogen-bond acceptors (Lipinski definition) is 2. The minimum absolute atomic E-state index is 0.110. The molecular weight excluding hydrogens is 226 g/mol. The van der Waals surface area contributed by atoms with E-state index in [1.807, 2.05) is 13.8 Å². The summed E-state index contributed by atoms with van der Waals surface area (Å²) in [6.45, 7) is 3.98. The molecule has 0 aliphatic carbocycles. The Morgan fingerprint density at radius 1 is 1.41 bits per heavy atom. The van der Waals surface area contributed by atoms with E-state index in [0.717, 1.165) is 0 Å². The van der Waals surface area contributed by atoms with Gasteiger partial charge in [0.1, 0.15) is 5.75 Å². The first-order chi connectivity index (χ1) is 7.92. The average molecular weight is 242 g/mol. The van der Waals surface area contributed by atoms with E-state index in [0.29, 0.717) is 17.9 Å². The number of carbonyl (C=O) groups is 1. The third-order valence-corrected chi connectivity index (χ3v) is 2.44. The molecule has 1 aromatic carbocycles. The van der Waals surface area contributed by atoms with Crippen molar-refractivity contribution in [3.8, 4) is 5.75 Å². The van der Waals surface area contributed by atoms with Crippen molar-refractivity contribution >= 4 is 6.29 Å². The second-order valence-electron chi connectivity index (χ2n) is 4.34. The van der Waals surface area contributed by atoms with Gasteiger partial charge in [0, 0.05) is 0 Å². The van der Waals surface area contributed by atoms with E-state index in [9.17, 15) is 13.6 Å². The summed E-state index contributed by atoms with van der Waals surface area (Å²) in [4.78, 5) is 10.4. The second-order valence-corrected chi connectivity index (χ2v) is 4.34. The van der Waals surface area contributed by atoms with Gasteiger partial charge in [0.2, 0.25) is 0 Å². The summed E-state index contributed by atoms with van der Waals surface area (Å²) >= 11 is 0. The van der Waals surface area contributed by atoms with E-state index in [-0.39, 0.29) is 17.6 Å². The molecule has 0 atom stereocenters. The standard InChI is InChI=1S/C13H16F2O2/c1-9(2)7-10-5-4-6-11(12(10)17-3)13(14,15)8-16/h4-6,8-9H,7H2,1-3H3. The Bertz CT molecular complexity index is 400. The molecule has 0 unspecified atom stereocenters. The Kier molecular flexibility index (Phi) is 4.21. The average Bonchev–Trinajstić information content (AvgIpc) is 2.28. The summed E-state index contributed by atoms with van der Waals surface area (Å²) in [5.74, 6) is -3.07. The molecule has 4 heteroatoms. The fourth-order valence-corrected chi connectivity index (χ4v) is 1.75. The van der Waals surface area contributed by atoms with Gasteiger partial charge >= 0.3 is 5.92 Å². The molecule has 0 fully saturated rings. The maximum atomic E-state index is 13.4. The Labute approximate surface area is 99.6 Å². The normalized spacial score (nSPS) is 11.6. The van der Waals surface area contributed by atoms with Crippen LogP contribution in [0.2, 0.25) is 0 Å². The van der Waals surface area contributed by atoms with Crippen molar-refractivity contribution in [3.05, 3.63) is 29.3 Å². The lowest BCUT2D eigenvalue weighted by molar-refractivity contribution is -0.130. The maximum absolute atomic E-state index is 13.4. The van der Waals surface area contributed by atoms with E-state index < -0.39 is 5.92 Å². The third-order valence-electron chi connectivity index (χ3n) is 2.44. The van der Waals surface area contributed by atoms with Crippen LogP contribution < -0.4 is 4.74 Å². The van der Waals surface area contributed by atoms with Crippen molar-refractivity contribution in [1.29, 1.82) is 0 Å². The number of rotatable bonds is 5. The van der Waals surface area contributed by atoms with Gasteiger partial charge in [-0.1, -0.05) is 26.0 Å². The number of methoxy groups -OCH3 is 1.